The molecule has 0 radical (unpaired) electrons. The maximum absolute atomic E-state index is 6.16. The van der Waals surface area contributed by atoms with E-state index in [4.69, 9.17) is 14.2 Å². The first kappa shape index (κ1) is 21.9. The molecule has 0 fully saturated rings. The largest absolute Gasteiger partial charge is 0.496 e. The second-order valence-electron chi connectivity index (χ2n) is 7.10. The molecule has 6 heteroatoms. The van der Waals surface area contributed by atoms with Gasteiger partial charge in [-0.2, -0.15) is 0 Å². The van der Waals surface area contributed by atoms with E-state index < -0.39 is 0 Å². The maximum atomic E-state index is 6.16. The Bertz CT molecular complexity index is 824. The van der Waals surface area contributed by atoms with Crippen LogP contribution in [0.15, 0.2) is 34.8 Å². The van der Waals surface area contributed by atoms with Crippen LogP contribution in [0.2, 0.25) is 0 Å². The highest BCUT2D eigenvalue weighted by molar-refractivity contribution is 9.10. The summed E-state index contributed by atoms with van der Waals surface area (Å²) in [5, 5.41) is 3.65. The lowest BCUT2D eigenvalue weighted by Gasteiger charge is -2.30. The number of nitrogens with one attached hydrogen (secondary N) is 1. The van der Waals surface area contributed by atoms with E-state index in [2.05, 4.69) is 58.2 Å². The number of hydrogen-bond donors (Lipinski definition) is 1. The van der Waals surface area contributed by atoms with E-state index in [1.54, 1.807) is 14.2 Å². The number of ether oxygens (including phenoxy) is 3. The van der Waals surface area contributed by atoms with Crippen LogP contribution >= 0.6 is 15.9 Å². The molecule has 0 amide bonds. The summed E-state index contributed by atoms with van der Waals surface area (Å²) >= 11 is 3.60. The minimum atomic E-state index is 0.0437. The van der Waals surface area contributed by atoms with Gasteiger partial charge in [-0.1, -0.05) is 29.8 Å². The smallest absolute Gasteiger partial charge is 0.161 e. The lowest BCUT2D eigenvalue weighted by Crippen LogP contribution is -2.31. The molecule has 5 nitrogen and oxygen atoms in total. The molecular formula is C23H31BrN2O3. The van der Waals surface area contributed by atoms with Crippen LogP contribution in [0.25, 0.3) is 0 Å². The van der Waals surface area contributed by atoms with Gasteiger partial charge in [0.05, 0.1) is 20.3 Å². The van der Waals surface area contributed by atoms with E-state index >= 15 is 0 Å². The zero-order chi connectivity index (χ0) is 20.8. The molecule has 0 saturated heterocycles. The number of nitrogens with zero attached hydrogens (tertiary/aromatic N) is 1. The summed E-state index contributed by atoms with van der Waals surface area (Å²) < 4.78 is 18.5. The molecule has 1 aliphatic rings. The number of likely N-dealkylation sites (N-methyl/N-ethyl adjacent to an activating group) is 1. The van der Waals surface area contributed by atoms with Crippen LogP contribution in [0, 0.1) is 0 Å². The Morgan fingerprint density at radius 2 is 1.76 bits per heavy atom. The Morgan fingerprint density at radius 1 is 1.00 bits per heavy atom. The van der Waals surface area contributed by atoms with Gasteiger partial charge in [0.25, 0.3) is 0 Å². The molecule has 0 aromatic heterocycles. The Kier molecular flexibility index (Phi) is 7.81. The first-order chi connectivity index (χ1) is 14.1. The van der Waals surface area contributed by atoms with Crippen LogP contribution in [0.5, 0.6) is 17.2 Å². The van der Waals surface area contributed by atoms with Crippen LogP contribution in [0.1, 0.15) is 36.6 Å². The van der Waals surface area contributed by atoms with Crippen LogP contribution in [-0.4, -0.2) is 51.9 Å². The van der Waals surface area contributed by atoms with Crippen molar-refractivity contribution >= 4 is 15.9 Å². The van der Waals surface area contributed by atoms with Gasteiger partial charge < -0.3 is 24.4 Å². The highest BCUT2D eigenvalue weighted by Gasteiger charge is 2.26. The summed E-state index contributed by atoms with van der Waals surface area (Å²) in [5.74, 6) is 2.46. The SMILES string of the molecule is CCN(CC)CCOc1cc2c(cc1OC)CCNC2c1cc(Br)ccc1OC. The molecule has 158 valence electrons. The van der Waals surface area contributed by atoms with Crippen molar-refractivity contribution in [2.45, 2.75) is 26.3 Å². The molecule has 1 unspecified atom stereocenters. The molecular weight excluding hydrogens is 432 g/mol. The lowest BCUT2D eigenvalue weighted by atomic mass is 9.89. The van der Waals surface area contributed by atoms with E-state index in [0.717, 1.165) is 59.9 Å². The van der Waals surface area contributed by atoms with E-state index in [0.29, 0.717) is 6.61 Å². The van der Waals surface area contributed by atoms with Crippen molar-refractivity contribution in [3.63, 3.8) is 0 Å². The van der Waals surface area contributed by atoms with Gasteiger partial charge >= 0.3 is 0 Å². The minimum Gasteiger partial charge on any atom is -0.496 e. The Labute approximate surface area is 182 Å². The average molecular weight is 463 g/mol. The van der Waals surface area contributed by atoms with E-state index in [-0.39, 0.29) is 6.04 Å². The number of benzene rings is 2. The van der Waals surface area contributed by atoms with Gasteiger partial charge in [0.2, 0.25) is 0 Å². The van der Waals surface area contributed by atoms with Gasteiger partial charge in [-0.15, -0.1) is 0 Å². The van der Waals surface area contributed by atoms with E-state index in [1.165, 1.54) is 11.1 Å². The summed E-state index contributed by atoms with van der Waals surface area (Å²) in [6, 6.07) is 10.4. The van der Waals surface area contributed by atoms with Gasteiger partial charge in [-0.3, -0.25) is 0 Å². The van der Waals surface area contributed by atoms with Crippen LogP contribution < -0.4 is 19.5 Å². The predicted octanol–water partition coefficient (Wildman–Crippen LogP) is 4.42. The number of fused-ring (bicyclic) bond motifs is 1. The molecule has 2 aromatic rings. The topological polar surface area (TPSA) is 43.0 Å². The highest BCUT2D eigenvalue weighted by Crippen LogP contribution is 2.40. The van der Waals surface area contributed by atoms with Gasteiger partial charge in [-0.05, 0) is 61.0 Å². The van der Waals surface area contributed by atoms with Crippen molar-refractivity contribution in [3.05, 3.63) is 51.5 Å². The highest BCUT2D eigenvalue weighted by atomic mass is 79.9. The third kappa shape index (κ3) is 5.05. The molecule has 0 bridgehead atoms. The van der Waals surface area contributed by atoms with E-state index in [1.807, 2.05) is 12.1 Å². The number of rotatable bonds is 9. The molecule has 1 heterocycles. The molecule has 1 N–H and O–H groups in total. The van der Waals surface area contributed by atoms with Crippen molar-refractivity contribution in [3.8, 4) is 17.2 Å². The Hall–Kier alpha value is -1.76. The molecule has 0 saturated carbocycles. The second-order valence-corrected chi connectivity index (χ2v) is 8.02. The zero-order valence-electron chi connectivity index (χ0n) is 17.8. The molecule has 3 rings (SSSR count). The van der Waals surface area contributed by atoms with Crippen LogP contribution in [0.4, 0.5) is 0 Å². The van der Waals surface area contributed by atoms with Gasteiger partial charge in [0, 0.05) is 23.1 Å². The summed E-state index contributed by atoms with van der Waals surface area (Å²) in [4.78, 5) is 2.35. The van der Waals surface area contributed by atoms with Gasteiger partial charge in [0.1, 0.15) is 12.4 Å². The fourth-order valence-electron chi connectivity index (χ4n) is 3.87. The fraction of sp³-hybridized carbons (Fsp3) is 0.478. The summed E-state index contributed by atoms with van der Waals surface area (Å²) in [7, 11) is 3.42. The standard InChI is InChI=1S/C23H31BrN2O3/c1-5-26(6-2)11-12-29-22-15-18-16(13-21(22)28-4)9-10-25-23(18)19-14-17(24)7-8-20(19)27-3/h7-8,13-15,23,25H,5-6,9-12H2,1-4H3. The van der Waals surface area contributed by atoms with Crippen molar-refractivity contribution in [1.29, 1.82) is 0 Å². The zero-order valence-corrected chi connectivity index (χ0v) is 19.3. The van der Waals surface area contributed by atoms with Crippen LogP contribution in [0.3, 0.4) is 0 Å². The van der Waals surface area contributed by atoms with Crippen molar-refractivity contribution < 1.29 is 14.2 Å². The minimum absolute atomic E-state index is 0.0437. The number of halogens is 1. The molecule has 0 spiro atoms. The normalized spacial score (nSPS) is 15.9. The monoisotopic (exact) mass is 462 g/mol. The summed E-state index contributed by atoms with van der Waals surface area (Å²) in [6.07, 6.45) is 0.957. The first-order valence-corrected chi connectivity index (χ1v) is 11.0. The quantitative estimate of drug-likeness (QED) is 0.597. The average Bonchev–Trinajstić information content (AvgIpc) is 2.75. The second kappa shape index (κ2) is 10.3. The molecule has 0 aliphatic carbocycles. The van der Waals surface area contributed by atoms with Crippen molar-refractivity contribution in [1.82, 2.24) is 10.2 Å². The third-order valence-electron chi connectivity index (χ3n) is 5.54. The lowest BCUT2D eigenvalue weighted by molar-refractivity contribution is 0.217. The maximum Gasteiger partial charge on any atom is 0.161 e. The summed E-state index contributed by atoms with van der Waals surface area (Å²) in [6.45, 7) is 8.82. The molecule has 29 heavy (non-hydrogen) atoms. The fourth-order valence-corrected chi connectivity index (χ4v) is 4.25. The molecule has 2 aromatic carbocycles. The number of methoxy groups -OCH3 is 2. The first-order valence-electron chi connectivity index (χ1n) is 10.2. The van der Waals surface area contributed by atoms with Crippen molar-refractivity contribution in [2.75, 3.05) is 47.0 Å². The number of hydrogen-bond acceptors (Lipinski definition) is 5. The van der Waals surface area contributed by atoms with Crippen molar-refractivity contribution in [2.24, 2.45) is 0 Å². The van der Waals surface area contributed by atoms with Gasteiger partial charge in [0.15, 0.2) is 11.5 Å². The third-order valence-corrected chi connectivity index (χ3v) is 6.03. The Morgan fingerprint density at radius 3 is 2.45 bits per heavy atom. The summed E-state index contributed by atoms with van der Waals surface area (Å²) in [5.41, 5.74) is 3.61. The van der Waals surface area contributed by atoms with Gasteiger partial charge in [-0.25, -0.2) is 0 Å². The predicted molar refractivity (Wildman–Crippen MR) is 121 cm³/mol. The molecule has 1 aliphatic heterocycles. The van der Waals surface area contributed by atoms with E-state index in [9.17, 15) is 0 Å². The van der Waals surface area contributed by atoms with Crippen LogP contribution in [-0.2, 0) is 6.42 Å². The molecule has 1 atom stereocenters. The Balaban J connectivity index is 1.93.